The van der Waals surface area contributed by atoms with Gasteiger partial charge in [0.15, 0.2) is 11.5 Å². The van der Waals surface area contributed by atoms with Gasteiger partial charge in [-0.25, -0.2) is 0 Å². The zero-order valence-corrected chi connectivity index (χ0v) is 11.7. The molecule has 1 N–H and O–H groups in total. The second-order valence-electron chi connectivity index (χ2n) is 4.17. The number of halogens is 1. The number of rotatable bonds is 6. The minimum absolute atomic E-state index is 0. The summed E-state index contributed by atoms with van der Waals surface area (Å²) in [5.74, 6) is 2.26. The lowest BCUT2D eigenvalue weighted by Crippen LogP contribution is -3.00. The molecular formula is C13H19ClNO3-. The van der Waals surface area contributed by atoms with Crippen LogP contribution in [-0.4, -0.2) is 27.4 Å². The van der Waals surface area contributed by atoms with E-state index >= 15 is 0 Å². The summed E-state index contributed by atoms with van der Waals surface area (Å²) in [4.78, 5) is 0. The summed E-state index contributed by atoms with van der Waals surface area (Å²) in [5, 5.41) is 3.46. The Morgan fingerprint density at radius 2 is 1.56 bits per heavy atom. The smallest absolute Gasteiger partial charge is 0.164 e. The number of hydrogen-bond acceptors (Lipinski definition) is 4. The third-order valence-corrected chi connectivity index (χ3v) is 2.95. The molecule has 0 spiro atoms. The average Bonchev–Trinajstić information content (AvgIpc) is 3.19. The van der Waals surface area contributed by atoms with Crippen molar-refractivity contribution in [1.29, 1.82) is 0 Å². The van der Waals surface area contributed by atoms with Gasteiger partial charge < -0.3 is 31.9 Å². The van der Waals surface area contributed by atoms with Gasteiger partial charge in [0.25, 0.3) is 0 Å². The first-order chi connectivity index (χ1) is 8.28. The molecule has 0 aliphatic heterocycles. The molecule has 0 atom stereocenters. The van der Waals surface area contributed by atoms with Crippen molar-refractivity contribution in [2.24, 2.45) is 0 Å². The predicted octanol–water partition coefficient (Wildman–Crippen LogP) is -1.03. The van der Waals surface area contributed by atoms with Gasteiger partial charge in [0.2, 0.25) is 0 Å². The standard InChI is InChI=1S/C13H19NO3.ClH/c1-15-11-7-13(17-3)12(16-2)6-9(11)8-14-10-4-5-10;/h6-7,10,14H,4-5,8H2,1-3H3;1H/p-1. The highest BCUT2D eigenvalue weighted by atomic mass is 35.5. The maximum absolute atomic E-state index is 5.36. The lowest BCUT2D eigenvalue weighted by molar-refractivity contribution is -0.00000443. The topological polar surface area (TPSA) is 39.7 Å². The molecule has 1 saturated carbocycles. The van der Waals surface area contributed by atoms with Crippen LogP contribution in [0.15, 0.2) is 12.1 Å². The normalized spacial score (nSPS) is 13.7. The number of ether oxygens (including phenoxy) is 3. The van der Waals surface area contributed by atoms with Crippen LogP contribution in [0.2, 0.25) is 0 Å². The summed E-state index contributed by atoms with van der Waals surface area (Å²) in [6.45, 7) is 0.800. The molecule has 0 bridgehead atoms. The van der Waals surface area contributed by atoms with Crippen LogP contribution in [0.4, 0.5) is 0 Å². The first-order valence-corrected chi connectivity index (χ1v) is 5.80. The van der Waals surface area contributed by atoms with E-state index in [0.717, 1.165) is 23.6 Å². The van der Waals surface area contributed by atoms with Gasteiger partial charge in [0.05, 0.1) is 21.3 Å². The molecule has 1 aromatic carbocycles. The quantitative estimate of drug-likeness (QED) is 0.719. The van der Waals surface area contributed by atoms with E-state index in [1.165, 1.54) is 12.8 Å². The lowest BCUT2D eigenvalue weighted by Gasteiger charge is -2.14. The largest absolute Gasteiger partial charge is 1.00 e. The minimum Gasteiger partial charge on any atom is -1.00 e. The van der Waals surface area contributed by atoms with Crippen molar-refractivity contribution < 1.29 is 26.6 Å². The maximum atomic E-state index is 5.36. The van der Waals surface area contributed by atoms with Crippen molar-refractivity contribution in [3.63, 3.8) is 0 Å². The van der Waals surface area contributed by atoms with Crippen LogP contribution in [-0.2, 0) is 6.54 Å². The van der Waals surface area contributed by atoms with E-state index in [0.29, 0.717) is 11.8 Å². The van der Waals surface area contributed by atoms with Crippen LogP contribution in [0.25, 0.3) is 0 Å². The Bertz CT molecular complexity index is 394. The summed E-state index contributed by atoms with van der Waals surface area (Å²) in [7, 11) is 4.93. The first kappa shape index (κ1) is 14.9. The highest BCUT2D eigenvalue weighted by molar-refractivity contribution is 5.50. The van der Waals surface area contributed by atoms with Crippen LogP contribution in [0, 0.1) is 0 Å². The maximum Gasteiger partial charge on any atom is 0.164 e. The molecular weight excluding hydrogens is 254 g/mol. The number of hydrogen-bond donors (Lipinski definition) is 1. The molecule has 0 saturated heterocycles. The molecule has 18 heavy (non-hydrogen) atoms. The predicted molar refractivity (Wildman–Crippen MR) is 66.0 cm³/mol. The van der Waals surface area contributed by atoms with Crippen molar-refractivity contribution in [1.82, 2.24) is 5.32 Å². The summed E-state index contributed by atoms with van der Waals surface area (Å²) in [6.07, 6.45) is 2.55. The van der Waals surface area contributed by atoms with Crippen LogP contribution in [0.5, 0.6) is 17.2 Å². The fourth-order valence-electron chi connectivity index (χ4n) is 1.77. The molecule has 1 aliphatic rings. The van der Waals surface area contributed by atoms with Gasteiger partial charge in [0.1, 0.15) is 5.75 Å². The third kappa shape index (κ3) is 3.43. The highest BCUT2D eigenvalue weighted by Crippen LogP contribution is 2.34. The third-order valence-electron chi connectivity index (χ3n) is 2.95. The van der Waals surface area contributed by atoms with E-state index in [2.05, 4.69) is 5.32 Å². The van der Waals surface area contributed by atoms with E-state index in [-0.39, 0.29) is 12.4 Å². The molecule has 102 valence electrons. The minimum atomic E-state index is 0. The SMILES string of the molecule is COc1cc(OC)c(OC)cc1CNC1CC1.[Cl-]. The Kier molecular flexibility index (Phi) is 5.56. The molecule has 1 aliphatic carbocycles. The molecule has 1 aromatic rings. The van der Waals surface area contributed by atoms with E-state index in [4.69, 9.17) is 14.2 Å². The molecule has 1 fully saturated rings. The fraction of sp³-hybridized carbons (Fsp3) is 0.538. The average molecular weight is 273 g/mol. The van der Waals surface area contributed by atoms with Gasteiger partial charge >= 0.3 is 0 Å². The van der Waals surface area contributed by atoms with Gasteiger partial charge in [-0.1, -0.05) is 0 Å². The summed E-state index contributed by atoms with van der Waals surface area (Å²) in [6, 6.07) is 4.50. The van der Waals surface area contributed by atoms with Crippen molar-refractivity contribution in [3.05, 3.63) is 17.7 Å². The molecule has 0 amide bonds. The molecule has 5 heteroatoms. The zero-order valence-electron chi connectivity index (χ0n) is 11.0. The molecule has 0 radical (unpaired) electrons. The Hall–Kier alpha value is -1.13. The van der Waals surface area contributed by atoms with E-state index in [9.17, 15) is 0 Å². The molecule has 4 nitrogen and oxygen atoms in total. The van der Waals surface area contributed by atoms with E-state index in [1.807, 2.05) is 12.1 Å². The number of benzene rings is 1. The second kappa shape index (κ2) is 6.71. The van der Waals surface area contributed by atoms with E-state index < -0.39 is 0 Å². The van der Waals surface area contributed by atoms with Crippen molar-refractivity contribution in [2.45, 2.75) is 25.4 Å². The molecule has 0 unspecified atom stereocenters. The van der Waals surface area contributed by atoms with Gasteiger partial charge in [-0.2, -0.15) is 0 Å². The van der Waals surface area contributed by atoms with Gasteiger partial charge in [-0.05, 0) is 18.9 Å². The molecule has 0 heterocycles. The summed E-state index contributed by atoms with van der Waals surface area (Å²) >= 11 is 0. The fourth-order valence-corrected chi connectivity index (χ4v) is 1.77. The highest BCUT2D eigenvalue weighted by Gasteiger charge is 2.21. The van der Waals surface area contributed by atoms with Gasteiger partial charge in [-0.3, -0.25) is 0 Å². The van der Waals surface area contributed by atoms with Gasteiger partial charge in [-0.15, -0.1) is 0 Å². The first-order valence-electron chi connectivity index (χ1n) is 5.80. The van der Waals surface area contributed by atoms with Crippen LogP contribution < -0.4 is 31.9 Å². The Labute approximate surface area is 114 Å². The van der Waals surface area contributed by atoms with Crippen molar-refractivity contribution in [2.75, 3.05) is 21.3 Å². The second-order valence-corrected chi connectivity index (χ2v) is 4.17. The monoisotopic (exact) mass is 272 g/mol. The number of methoxy groups -OCH3 is 3. The Morgan fingerprint density at radius 1 is 1.00 bits per heavy atom. The Balaban J connectivity index is 0.00000162. The number of nitrogens with one attached hydrogen (secondary N) is 1. The van der Waals surface area contributed by atoms with E-state index in [1.54, 1.807) is 21.3 Å². The van der Waals surface area contributed by atoms with Crippen LogP contribution in [0.3, 0.4) is 0 Å². The Morgan fingerprint density at radius 3 is 2.06 bits per heavy atom. The van der Waals surface area contributed by atoms with Gasteiger partial charge in [0, 0.05) is 24.2 Å². The zero-order chi connectivity index (χ0) is 12.3. The lowest BCUT2D eigenvalue weighted by atomic mass is 10.1. The molecule has 0 aromatic heterocycles. The van der Waals surface area contributed by atoms with Crippen LogP contribution in [0.1, 0.15) is 18.4 Å². The summed E-state index contributed by atoms with van der Waals surface area (Å²) in [5.41, 5.74) is 1.09. The summed E-state index contributed by atoms with van der Waals surface area (Å²) < 4.78 is 15.9. The van der Waals surface area contributed by atoms with Crippen molar-refractivity contribution >= 4 is 0 Å². The molecule has 2 rings (SSSR count). The van der Waals surface area contributed by atoms with Crippen molar-refractivity contribution in [3.8, 4) is 17.2 Å². The van der Waals surface area contributed by atoms with Crippen LogP contribution >= 0.6 is 0 Å².